The van der Waals surface area contributed by atoms with E-state index in [1.54, 1.807) is 26.0 Å². The lowest BCUT2D eigenvalue weighted by Crippen LogP contribution is -2.42. The summed E-state index contributed by atoms with van der Waals surface area (Å²) in [5, 5.41) is 9.69. The number of hydrogen-bond acceptors (Lipinski definition) is 5. The molecule has 0 radical (unpaired) electrons. The Labute approximate surface area is 148 Å². The van der Waals surface area contributed by atoms with Crippen molar-refractivity contribution in [1.82, 2.24) is 10.0 Å². The van der Waals surface area contributed by atoms with E-state index in [4.69, 9.17) is 15.9 Å². The molecule has 9 heteroatoms. The van der Waals surface area contributed by atoms with Crippen LogP contribution in [-0.2, 0) is 19.6 Å². The topological polar surface area (TPSA) is 134 Å². The monoisotopic (exact) mass is 370 g/mol. The lowest BCUT2D eigenvalue weighted by molar-refractivity contribution is -0.142. The maximum absolute atomic E-state index is 12.8. The average molecular weight is 370 g/mol. The molecule has 1 atom stereocenters. The van der Waals surface area contributed by atoms with Crippen molar-refractivity contribution in [2.45, 2.75) is 44.6 Å². The highest BCUT2D eigenvalue weighted by Crippen LogP contribution is 2.22. The molecule has 1 rings (SSSR count). The van der Waals surface area contributed by atoms with E-state index in [9.17, 15) is 13.2 Å². The molecule has 25 heavy (non-hydrogen) atoms. The quantitative estimate of drug-likeness (QED) is 0.230. The summed E-state index contributed by atoms with van der Waals surface area (Å²) in [5.41, 5.74) is 7.39. The molecule has 0 unspecified atom stereocenters. The average Bonchev–Trinajstić information content (AvgIpc) is 2.47. The van der Waals surface area contributed by atoms with E-state index >= 15 is 0 Å². The van der Waals surface area contributed by atoms with Crippen molar-refractivity contribution in [3.63, 3.8) is 0 Å². The normalized spacial score (nSPS) is 12.5. The van der Waals surface area contributed by atoms with Gasteiger partial charge in [0.15, 0.2) is 5.96 Å². The molecule has 0 spiro atoms. The number of nitrogens with two attached hydrogens (primary N) is 1. The Morgan fingerprint density at radius 2 is 1.84 bits per heavy atom. The second kappa shape index (κ2) is 8.82. The zero-order valence-electron chi connectivity index (χ0n) is 15.0. The van der Waals surface area contributed by atoms with Crippen molar-refractivity contribution in [3.8, 4) is 0 Å². The summed E-state index contributed by atoms with van der Waals surface area (Å²) in [5.74, 6) is -0.838. The third-order valence-electron chi connectivity index (χ3n) is 3.64. The fraction of sp³-hybridized carbons (Fsp3) is 0.500. The highest BCUT2D eigenvalue weighted by molar-refractivity contribution is 7.89. The number of nitrogens with one attached hydrogen (secondary N) is 3. The minimum atomic E-state index is -3.88. The van der Waals surface area contributed by atoms with Crippen LogP contribution < -0.4 is 15.8 Å². The summed E-state index contributed by atoms with van der Waals surface area (Å²) in [4.78, 5) is 12.1. The summed E-state index contributed by atoms with van der Waals surface area (Å²) in [7, 11) is -2.68. The van der Waals surface area contributed by atoms with Gasteiger partial charge >= 0.3 is 5.97 Å². The molecular weight excluding hydrogens is 344 g/mol. The predicted octanol–water partition coefficient (Wildman–Crippen LogP) is 0.695. The molecule has 140 valence electrons. The summed E-state index contributed by atoms with van der Waals surface area (Å²) >= 11 is 0. The number of hydrogen-bond donors (Lipinski definition) is 4. The van der Waals surface area contributed by atoms with Gasteiger partial charge in [0.05, 0.1) is 12.0 Å². The maximum Gasteiger partial charge on any atom is 0.323 e. The van der Waals surface area contributed by atoms with E-state index < -0.39 is 22.0 Å². The molecule has 0 heterocycles. The van der Waals surface area contributed by atoms with Crippen molar-refractivity contribution in [3.05, 3.63) is 28.8 Å². The van der Waals surface area contributed by atoms with Crippen molar-refractivity contribution in [1.29, 1.82) is 5.41 Å². The maximum atomic E-state index is 12.8. The van der Waals surface area contributed by atoms with Gasteiger partial charge in [-0.05, 0) is 44.7 Å². The number of benzene rings is 1. The predicted molar refractivity (Wildman–Crippen MR) is 95.9 cm³/mol. The molecule has 0 saturated carbocycles. The first-order valence-electron chi connectivity index (χ1n) is 7.84. The Hall–Kier alpha value is -2.13. The van der Waals surface area contributed by atoms with Crippen LogP contribution >= 0.6 is 0 Å². The van der Waals surface area contributed by atoms with Crippen LogP contribution in [-0.4, -0.2) is 40.0 Å². The van der Waals surface area contributed by atoms with Gasteiger partial charge in [-0.15, -0.1) is 0 Å². The zero-order valence-corrected chi connectivity index (χ0v) is 15.8. The summed E-state index contributed by atoms with van der Waals surface area (Å²) in [6.45, 7) is 5.69. The molecule has 1 aromatic rings. The molecule has 5 N–H and O–H groups in total. The Morgan fingerprint density at radius 1 is 1.28 bits per heavy atom. The second-order valence-corrected chi connectivity index (χ2v) is 7.56. The number of carbonyl (C=O) groups is 1. The number of carbonyl (C=O) groups excluding carboxylic acids is 1. The third-order valence-corrected chi connectivity index (χ3v) is 5.42. The number of aryl methyl sites for hydroxylation is 3. The fourth-order valence-electron chi connectivity index (χ4n) is 2.73. The molecule has 1 aromatic carbocycles. The molecule has 0 fully saturated rings. The number of guanidine groups is 1. The van der Waals surface area contributed by atoms with Crippen LogP contribution in [0, 0.1) is 26.2 Å². The first-order chi connectivity index (χ1) is 11.6. The molecular formula is C16H26N4O4S. The Kier molecular flexibility index (Phi) is 7.38. The van der Waals surface area contributed by atoms with Crippen LogP contribution in [0.25, 0.3) is 0 Å². The molecule has 0 amide bonds. The van der Waals surface area contributed by atoms with Crippen molar-refractivity contribution >= 4 is 22.0 Å². The Bertz CT molecular complexity index is 723. The third kappa shape index (κ3) is 6.02. The van der Waals surface area contributed by atoms with Crippen LogP contribution in [0.4, 0.5) is 0 Å². The lowest BCUT2D eigenvalue weighted by Gasteiger charge is -2.19. The van der Waals surface area contributed by atoms with Crippen molar-refractivity contribution in [2.75, 3.05) is 13.7 Å². The molecule has 0 aliphatic rings. The van der Waals surface area contributed by atoms with Gasteiger partial charge in [-0.25, -0.2) is 8.42 Å². The number of methoxy groups -OCH3 is 1. The highest BCUT2D eigenvalue weighted by atomic mass is 32.2. The molecule has 8 nitrogen and oxygen atoms in total. The van der Waals surface area contributed by atoms with Gasteiger partial charge in [0.2, 0.25) is 10.0 Å². The van der Waals surface area contributed by atoms with Crippen molar-refractivity contribution in [2.24, 2.45) is 5.73 Å². The molecule has 0 aromatic heterocycles. The van der Waals surface area contributed by atoms with Gasteiger partial charge in [0.25, 0.3) is 0 Å². The van der Waals surface area contributed by atoms with Gasteiger partial charge in [-0.3, -0.25) is 10.2 Å². The molecule has 0 bridgehead atoms. The lowest BCUT2D eigenvalue weighted by atomic mass is 10.1. The van der Waals surface area contributed by atoms with Crippen LogP contribution in [0.5, 0.6) is 0 Å². The molecule has 0 aliphatic carbocycles. The number of rotatable bonds is 8. The van der Waals surface area contributed by atoms with Crippen LogP contribution in [0.3, 0.4) is 0 Å². The van der Waals surface area contributed by atoms with Gasteiger partial charge in [-0.1, -0.05) is 17.7 Å². The van der Waals surface area contributed by atoms with Crippen LogP contribution in [0.1, 0.15) is 29.5 Å². The van der Waals surface area contributed by atoms with E-state index in [0.717, 1.165) is 5.56 Å². The first-order valence-corrected chi connectivity index (χ1v) is 9.32. The van der Waals surface area contributed by atoms with Gasteiger partial charge in [0.1, 0.15) is 6.04 Å². The standard InChI is InChI=1S/C16H26N4O4S/c1-10-8-11(2)14(12(3)9-10)25(22,23)20-13(15(21)24-4)6-5-7-19-16(17)18/h8-9,13,20H,5-7H2,1-4H3,(H4,17,18,19)/t13-/m0/s1. The van der Waals surface area contributed by atoms with Crippen molar-refractivity contribution < 1.29 is 17.9 Å². The Balaban J connectivity index is 2.98. The number of ether oxygens (including phenoxy) is 1. The minimum Gasteiger partial charge on any atom is -0.468 e. The highest BCUT2D eigenvalue weighted by Gasteiger charge is 2.28. The first kappa shape index (κ1) is 20.9. The zero-order chi connectivity index (χ0) is 19.2. The van der Waals surface area contributed by atoms with Gasteiger partial charge in [-0.2, -0.15) is 4.72 Å². The van der Waals surface area contributed by atoms with E-state index in [-0.39, 0.29) is 17.3 Å². The van der Waals surface area contributed by atoms with Gasteiger partial charge in [0, 0.05) is 6.54 Å². The summed E-state index contributed by atoms with van der Waals surface area (Å²) in [6.07, 6.45) is 0.657. The smallest absolute Gasteiger partial charge is 0.323 e. The van der Waals surface area contributed by atoms with Crippen LogP contribution in [0.15, 0.2) is 17.0 Å². The van der Waals surface area contributed by atoms with Gasteiger partial charge < -0.3 is 15.8 Å². The number of sulfonamides is 1. The van der Waals surface area contributed by atoms with E-state index in [0.29, 0.717) is 24.1 Å². The second-order valence-electron chi connectivity index (χ2n) is 5.91. The summed E-state index contributed by atoms with van der Waals surface area (Å²) in [6, 6.07) is 2.56. The van der Waals surface area contributed by atoms with E-state index in [2.05, 4.69) is 10.0 Å². The SMILES string of the molecule is COC(=O)[C@H](CCCNC(=N)N)NS(=O)(=O)c1c(C)cc(C)cc1C. The molecule has 0 aliphatic heterocycles. The van der Waals surface area contributed by atoms with E-state index in [1.807, 2.05) is 6.92 Å². The number of esters is 1. The Morgan fingerprint density at radius 3 is 2.32 bits per heavy atom. The molecule has 0 saturated heterocycles. The van der Waals surface area contributed by atoms with E-state index in [1.165, 1.54) is 7.11 Å². The van der Waals surface area contributed by atoms with Crippen LogP contribution in [0.2, 0.25) is 0 Å². The summed E-state index contributed by atoms with van der Waals surface area (Å²) < 4.78 is 32.7. The minimum absolute atomic E-state index is 0.175. The largest absolute Gasteiger partial charge is 0.468 e. The fourth-order valence-corrected chi connectivity index (χ4v) is 4.41.